The van der Waals surface area contributed by atoms with Gasteiger partial charge in [0.1, 0.15) is 11.5 Å². The Balaban J connectivity index is 2.73. The fourth-order valence-electron chi connectivity index (χ4n) is 0.701. The summed E-state index contributed by atoms with van der Waals surface area (Å²) in [4.78, 5) is 0. The quantitative estimate of drug-likeness (QED) is 0.460. The van der Waals surface area contributed by atoms with E-state index in [2.05, 4.69) is 12.3 Å². The first-order chi connectivity index (χ1) is 5.33. The first-order valence-corrected chi connectivity index (χ1v) is 3.42. The smallest absolute Gasteiger partial charge is 0.142 e. The molecule has 11 heavy (non-hydrogen) atoms. The Hall–Kier alpha value is -1.46. The second-order valence-corrected chi connectivity index (χ2v) is 2.15. The molecule has 1 nitrogen and oxygen atoms in total. The van der Waals surface area contributed by atoms with E-state index in [0.29, 0.717) is 5.76 Å². The highest BCUT2D eigenvalue weighted by Gasteiger charge is 1.89. The van der Waals surface area contributed by atoms with Crippen LogP contribution in [0.15, 0.2) is 48.4 Å². The van der Waals surface area contributed by atoms with Crippen molar-refractivity contribution in [2.45, 2.75) is 6.92 Å². The maximum Gasteiger partial charge on any atom is 0.142 e. The molecule has 1 rings (SSSR count). The molecule has 0 radical (unpaired) electrons. The lowest BCUT2D eigenvalue weighted by Gasteiger charge is -2.01. The summed E-state index contributed by atoms with van der Waals surface area (Å²) in [7, 11) is 0. The third kappa shape index (κ3) is 2.32. The molecule has 0 aliphatic carbocycles. The van der Waals surface area contributed by atoms with Gasteiger partial charge >= 0.3 is 0 Å². The van der Waals surface area contributed by atoms with Crippen molar-refractivity contribution in [3.05, 3.63) is 48.4 Å². The predicted molar refractivity (Wildman–Crippen MR) is 45.4 cm³/mol. The lowest BCUT2D eigenvalue weighted by molar-refractivity contribution is 0.429. The number of hydrogen-bond acceptors (Lipinski definition) is 1. The monoisotopic (exact) mass is 146 g/mol. The third-order valence-corrected chi connectivity index (χ3v) is 1.26. The molecule has 0 aliphatic rings. The molecule has 0 fully saturated rings. The molecule has 0 saturated heterocycles. The number of allylic oxidation sites excluding steroid dienone is 1. The Morgan fingerprint density at radius 2 is 2.00 bits per heavy atom. The van der Waals surface area contributed by atoms with E-state index in [0.717, 1.165) is 5.75 Å². The Labute approximate surface area is 66.6 Å². The van der Waals surface area contributed by atoms with Crippen molar-refractivity contribution in [2.24, 2.45) is 0 Å². The molecule has 0 spiro atoms. The van der Waals surface area contributed by atoms with Crippen LogP contribution in [0.1, 0.15) is 6.92 Å². The Kier molecular flexibility index (Phi) is 2.53. The maximum absolute atomic E-state index is 5.31. The minimum Gasteiger partial charge on any atom is -0.454 e. The largest absolute Gasteiger partial charge is 0.454 e. The van der Waals surface area contributed by atoms with Crippen LogP contribution < -0.4 is 4.74 Å². The van der Waals surface area contributed by atoms with E-state index in [1.165, 1.54) is 0 Å². The van der Waals surface area contributed by atoms with Gasteiger partial charge in [-0.1, -0.05) is 30.5 Å². The Morgan fingerprint density at radius 3 is 2.55 bits per heavy atom. The van der Waals surface area contributed by atoms with Crippen molar-refractivity contribution in [1.82, 2.24) is 0 Å². The summed E-state index contributed by atoms with van der Waals surface area (Å²) in [6, 6.07) is 9.57. The van der Waals surface area contributed by atoms with Crippen molar-refractivity contribution in [2.75, 3.05) is 0 Å². The minimum absolute atomic E-state index is 0.691. The lowest BCUT2D eigenvalue weighted by atomic mass is 10.3. The fraction of sp³-hybridized carbons (Fsp3) is 0.100. The van der Waals surface area contributed by atoms with Gasteiger partial charge in [0.25, 0.3) is 0 Å². The van der Waals surface area contributed by atoms with Gasteiger partial charge in [0, 0.05) is 6.92 Å². The predicted octanol–water partition coefficient (Wildman–Crippen LogP) is 2.75. The summed E-state index contributed by atoms with van der Waals surface area (Å²) in [5.41, 5.74) is 2.66. The van der Waals surface area contributed by atoms with E-state index < -0.39 is 0 Å². The highest BCUT2D eigenvalue weighted by atomic mass is 16.5. The first-order valence-electron chi connectivity index (χ1n) is 3.42. The van der Waals surface area contributed by atoms with Gasteiger partial charge in [-0.05, 0) is 12.1 Å². The van der Waals surface area contributed by atoms with Crippen LogP contribution in [0.4, 0.5) is 0 Å². The zero-order valence-electron chi connectivity index (χ0n) is 6.50. The third-order valence-electron chi connectivity index (χ3n) is 1.26. The average Bonchev–Trinajstić information content (AvgIpc) is 2.06. The molecule has 0 N–H and O–H groups in total. The molecule has 0 aliphatic heterocycles. The number of para-hydroxylation sites is 1. The van der Waals surface area contributed by atoms with Crippen LogP contribution in [0.2, 0.25) is 0 Å². The summed E-state index contributed by atoms with van der Waals surface area (Å²) in [5, 5.41) is 0. The highest BCUT2D eigenvalue weighted by Crippen LogP contribution is 2.10. The molecule has 56 valence electrons. The zero-order chi connectivity index (χ0) is 8.10. The molecular weight excluding hydrogens is 136 g/mol. The number of benzene rings is 1. The van der Waals surface area contributed by atoms with Crippen molar-refractivity contribution in [3.63, 3.8) is 0 Å². The summed E-state index contributed by atoms with van der Waals surface area (Å²) >= 11 is 0. The van der Waals surface area contributed by atoms with Crippen molar-refractivity contribution in [1.29, 1.82) is 0 Å². The van der Waals surface area contributed by atoms with Gasteiger partial charge in [-0.25, -0.2) is 0 Å². The van der Waals surface area contributed by atoms with Crippen molar-refractivity contribution in [3.8, 4) is 5.75 Å². The van der Waals surface area contributed by atoms with Crippen LogP contribution in [0.3, 0.4) is 0 Å². The molecule has 0 atom stereocenters. The van der Waals surface area contributed by atoms with Gasteiger partial charge in [0.15, 0.2) is 0 Å². The molecule has 0 heterocycles. The summed E-state index contributed by atoms with van der Waals surface area (Å²) in [5.74, 6) is 1.51. The van der Waals surface area contributed by atoms with E-state index in [4.69, 9.17) is 4.74 Å². The number of rotatable bonds is 2. The molecule has 0 unspecified atom stereocenters. The van der Waals surface area contributed by atoms with E-state index in [1.807, 2.05) is 37.3 Å². The molecule has 0 aromatic heterocycles. The van der Waals surface area contributed by atoms with Crippen LogP contribution in [0.25, 0.3) is 0 Å². The van der Waals surface area contributed by atoms with Gasteiger partial charge in [-0.2, -0.15) is 0 Å². The van der Waals surface area contributed by atoms with Gasteiger partial charge in [0.2, 0.25) is 0 Å². The lowest BCUT2D eigenvalue weighted by Crippen LogP contribution is -1.87. The standard InChI is InChI=1S/C10H10O/c1-3-9(2)11-10-7-5-4-6-8-10/h4-8H,1H2,2H3. The van der Waals surface area contributed by atoms with Crippen LogP contribution in [-0.2, 0) is 0 Å². The summed E-state index contributed by atoms with van der Waals surface area (Å²) < 4.78 is 5.31. The van der Waals surface area contributed by atoms with Crippen LogP contribution >= 0.6 is 0 Å². The molecule has 1 heteroatoms. The number of hydrogen-bond donors (Lipinski definition) is 0. The first kappa shape index (κ1) is 7.64. The molecule has 0 amide bonds. The van der Waals surface area contributed by atoms with Crippen LogP contribution in [-0.4, -0.2) is 0 Å². The Morgan fingerprint density at radius 1 is 1.36 bits per heavy atom. The molecule has 0 bridgehead atoms. The maximum atomic E-state index is 5.31. The highest BCUT2D eigenvalue weighted by molar-refractivity contribution is 5.22. The van der Waals surface area contributed by atoms with Crippen molar-refractivity contribution >= 4 is 0 Å². The summed E-state index contributed by atoms with van der Waals surface area (Å²) in [6.07, 6.45) is 0. The van der Waals surface area contributed by atoms with Gasteiger partial charge < -0.3 is 4.74 Å². The summed E-state index contributed by atoms with van der Waals surface area (Å²) in [6.45, 7) is 5.29. The second-order valence-electron chi connectivity index (χ2n) is 2.15. The molecule has 0 saturated carbocycles. The minimum atomic E-state index is 0.691. The van der Waals surface area contributed by atoms with Gasteiger partial charge in [0.05, 0.1) is 0 Å². The van der Waals surface area contributed by atoms with E-state index in [1.54, 1.807) is 0 Å². The van der Waals surface area contributed by atoms with E-state index in [9.17, 15) is 0 Å². The van der Waals surface area contributed by atoms with E-state index in [-0.39, 0.29) is 0 Å². The molecule has 1 aromatic rings. The van der Waals surface area contributed by atoms with Gasteiger partial charge in [-0.3, -0.25) is 0 Å². The van der Waals surface area contributed by atoms with Crippen molar-refractivity contribution < 1.29 is 4.74 Å². The second kappa shape index (κ2) is 3.65. The van der Waals surface area contributed by atoms with E-state index >= 15 is 0 Å². The SMILES string of the molecule is C=C=C(C)Oc1ccccc1. The molecular formula is C10H10O. The average molecular weight is 146 g/mol. The van der Waals surface area contributed by atoms with Crippen LogP contribution in [0, 0.1) is 0 Å². The topological polar surface area (TPSA) is 9.23 Å². The fourth-order valence-corrected chi connectivity index (χ4v) is 0.701. The Bertz CT molecular complexity index is 268. The van der Waals surface area contributed by atoms with Gasteiger partial charge in [-0.15, -0.1) is 0 Å². The molecule has 1 aromatic carbocycles. The van der Waals surface area contributed by atoms with Crippen LogP contribution in [0.5, 0.6) is 5.75 Å². The zero-order valence-corrected chi connectivity index (χ0v) is 6.50. The normalized spacial score (nSPS) is 8.45. The number of ether oxygens (including phenoxy) is 1.